The second kappa shape index (κ2) is 7.66. The molecule has 0 unspecified atom stereocenters. The highest BCUT2D eigenvalue weighted by molar-refractivity contribution is 6.65. The van der Waals surface area contributed by atoms with Crippen LogP contribution in [0.1, 0.15) is 24.8 Å². The molecule has 0 fully saturated rings. The standard InChI is InChI=1S/C14H23FO2Si/c1-16-18(3,17-2)12-6-4-5-7-13-8-10-14(15)11-9-13/h8-11H,4-7,12H2,1-3H3. The van der Waals surface area contributed by atoms with Crippen LogP contribution in [-0.4, -0.2) is 22.8 Å². The van der Waals surface area contributed by atoms with E-state index in [0.717, 1.165) is 31.7 Å². The SMILES string of the molecule is CO[Si](C)(CCCCCc1ccc(F)cc1)OC. The van der Waals surface area contributed by atoms with E-state index < -0.39 is 8.56 Å². The van der Waals surface area contributed by atoms with E-state index in [2.05, 4.69) is 6.55 Å². The van der Waals surface area contributed by atoms with Crippen molar-refractivity contribution in [3.05, 3.63) is 35.6 Å². The topological polar surface area (TPSA) is 18.5 Å². The van der Waals surface area contributed by atoms with Crippen molar-refractivity contribution in [1.29, 1.82) is 0 Å². The minimum absolute atomic E-state index is 0.166. The normalized spacial score (nSPS) is 11.8. The lowest BCUT2D eigenvalue weighted by molar-refractivity contribution is 0.248. The van der Waals surface area contributed by atoms with Crippen LogP contribution in [0.3, 0.4) is 0 Å². The number of hydrogen-bond acceptors (Lipinski definition) is 2. The first kappa shape index (κ1) is 15.3. The van der Waals surface area contributed by atoms with Crippen LogP contribution in [0.25, 0.3) is 0 Å². The second-order valence-corrected chi connectivity index (χ2v) is 8.31. The van der Waals surface area contributed by atoms with Gasteiger partial charge in [-0.15, -0.1) is 0 Å². The van der Waals surface area contributed by atoms with Crippen molar-refractivity contribution in [3.8, 4) is 0 Å². The molecule has 0 aromatic heterocycles. The molecule has 1 aromatic carbocycles. The quantitative estimate of drug-likeness (QED) is 0.527. The number of rotatable bonds is 8. The Morgan fingerprint density at radius 3 is 2.17 bits per heavy atom. The number of hydrogen-bond donors (Lipinski definition) is 0. The third-order valence-electron chi connectivity index (χ3n) is 3.37. The molecule has 0 heterocycles. The highest BCUT2D eigenvalue weighted by atomic mass is 28.4. The highest BCUT2D eigenvalue weighted by Crippen LogP contribution is 2.17. The molecule has 102 valence electrons. The Labute approximate surface area is 110 Å². The molecule has 0 N–H and O–H groups in total. The lowest BCUT2D eigenvalue weighted by atomic mass is 10.1. The summed E-state index contributed by atoms with van der Waals surface area (Å²) in [5, 5.41) is 0. The van der Waals surface area contributed by atoms with Crippen LogP contribution >= 0.6 is 0 Å². The van der Waals surface area contributed by atoms with Gasteiger partial charge in [0.15, 0.2) is 0 Å². The number of benzene rings is 1. The predicted octanol–water partition coefficient (Wildman–Crippen LogP) is 3.90. The molecule has 1 aromatic rings. The minimum atomic E-state index is -1.88. The first-order valence-corrected chi connectivity index (χ1v) is 8.97. The van der Waals surface area contributed by atoms with Gasteiger partial charge in [0.2, 0.25) is 0 Å². The maximum Gasteiger partial charge on any atom is 0.334 e. The lowest BCUT2D eigenvalue weighted by Gasteiger charge is -2.22. The highest BCUT2D eigenvalue weighted by Gasteiger charge is 2.27. The van der Waals surface area contributed by atoms with Crippen molar-refractivity contribution in [1.82, 2.24) is 0 Å². The van der Waals surface area contributed by atoms with Crippen LogP contribution in [0.15, 0.2) is 24.3 Å². The lowest BCUT2D eigenvalue weighted by Crippen LogP contribution is -2.35. The molecular formula is C14H23FO2Si. The van der Waals surface area contributed by atoms with E-state index in [4.69, 9.17) is 8.85 Å². The Balaban J connectivity index is 2.17. The molecule has 0 aliphatic heterocycles. The van der Waals surface area contributed by atoms with Gasteiger partial charge in [-0.2, -0.15) is 0 Å². The van der Waals surface area contributed by atoms with Gasteiger partial charge in [0.05, 0.1) is 0 Å². The van der Waals surface area contributed by atoms with Gasteiger partial charge in [0.1, 0.15) is 5.82 Å². The van der Waals surface area contributed by atoms with E-state index in [9.17, 15) is 4.39 Å². The van der Waals surface area contributed by atoms with Gasteiger partial charge in [0, 0.05) is 14.2 Å². The molecule has 18 heavy (non-hydrogen) atoms. The molecule has 0 aliphatic carbocycles. The summed E-state index contributed by atoms with van der Waals surface area (Å²) >= 11 is 0. The molecule has 0 saturated carbocycles. The predicted molar refractivity (Wildman–Crippen MR) is 74.4 cm³/mol. The zero-order valence-corrected chi connectivity index (χ0v) is 12.5. The molecule has 0 atom stereocenters. The number of aryl methyl sites for hydroxylation is 1. The Morgan fingerprint density at radius 2 is 1.61 bits per heavy atom. The Kier molecular flexibility index (Phi) is 6.53. The summed E-state index contributed by atoms with van der Waals surface area (Å²) in [6.07, 6.45) is 4.43. The van der Waals surface area contributed by atoms with E-state index >= 15 is 0 Å². The van der Waals surface area contributed by atoms with Crippen LogP contribution in [-0.2, 0) is 15.3 Å². The Morgan fingerprint density at radius 1 is 1.00 bits per heavy atom. The van der Waals surface area contributed by atoms with Gasteiger partial charge in [-0.05, 0) is 43.1 Å². The van der Waals surface area contributed by atoms with Gasteiger partial charge in [-0.3, -0.25) is 0 Å². The summed E-state index contributed by atoms with van der Waals surface area (Å²) in [7, 11) is 1.58. The van der Waals surface area contributed by atoms with Crippen LogP contribution in [0.5, 0.6) is 0 Å². The zero-order valence-electron chi connectivity index (χ0n) is 11.5. The van der Waals surface area contributed by atoms with Gasteiger partial charge in [0.25, 0.3) is 0 Å². The second-order valence-electron chi connectivity index (χ2n) is 4.73. The Hall–Kier alpha value is -0.713. The average molecular weight is 270 g/mol. The molecular weight excluding hydrogens is 247 g/mol. The van der Waals surface area contributed by atoms with Crippen LogP contribution in [0, 0.1) is 5.82 Å². The molecule has 0 amide bonds. The van der Waals surface area contributed by atoms with Crippen molar-refractivity contribution in [2.45, 2.75) is 38.3 Å². The summed E-state index contributed by atoms with van der Waals surface area (Å²) in [4.78, 5) is 0. The molecule has 0 spiro atoms. The van der Waals surface area contributed by atoms with Crippen molar-refractivity contribution < 1.29 is 13.2 Å². The first-order valence-electron chi connectivity index (χ1n) is 6.44. The number of unbranched alkanes of at least 4 members (excludes halogenated alkanes) is 2. The molecule has 4 heteroatoms. The van der Waals surface area contributed by atoms with Crippen LogP contribution < -0.4 is 0 Å². The van der Waals surface area contributed by atoms with E-state index in [1.807, 2.05) is 12.1 Å². The smallest absolute Gasteiger partial charge is 0.334 e. The van der Waals surface area contributed by atoms with Gasteiger partial charge < -0.3 is 8.85 Å². The fourth-order valence-corrected chi connectivity index (χ4v) is 3.36. The molecule has 0 aliphatic rings. The third kappa shape index (κ3) is 5.29. The molecule has 0 saturated heterocycles. The summed E-state index contributed by atoms with van der Waals surface area (Å²) in [5.74, 6) is -0.166. The monoisotopic (exact) mass is 270 g/mol. The zero-order chi connectivity index (χ0) is 13.4. The first-order chi connectivity index (χ1) is 8.59. The van der Waals surface area contributed by atoms with E-state index in [-0.39, 0.29) is 5.82 Å². The minimum Gasteiger partial charge on any atom is -0.398 e. The molecule has 0 bridgehead atoms. The maximum atomic E-state index is 12.7. The fourth-order valence-electron chi connectivity index (χ4n) is 1.89. The van der Waals surface area contributed by atoms with E-state index in [1.165, 1.54) is 17.7 Å². The summed E-state index contributed by atoms with van der Waals surface area (Å²) in [5.41, 5.74) is 1.20. The molecule has 2 nitrogen and oxygen atoms in total. The maximum absolute atomic E-state index is 12.7. The van der Waals surface area contributed by atoms with E-state index in [1.54, 1.807) is 14.2 Å². The summed E-state index contributed by atoms with van der Waals surface area (Å²) in [6, 6.07) is 7.80. The van der Waals surface area contributed by atoms with Crippen LogP contribution in [0.2, 0.25) is 12.6 Å². The Bertz CT molecular complexity index is 336. The van der Waals surface area contributed by atoms with Crippen molar-refractivity contribution in [2.24, 2.45) is 0 Å². The van der Waals surface area contributed by atoms with E-state index in [0.29, 0.717) is 0 Å². The van der Waals surface area contributed by atoms with Gasteiger partial charge >= 0.3 is 8.56 Å². The van der Waals surface area contributed by atoms with Crippen molar-refractivity contribution >= 4 is 8.56 Å². The summed E-state index contributed by atoms with van der Waals surface area (Å²) < 4.78 is 23.6. The number of halogens is 1. The molecule has 0 radical (unpaired) electrons. The third-order valence-corrected chi connectivity index (χ3v) is 6.36. The summed E-state index contributed by atoms with van der Waals surface area (Å²) in [6.45, 7) is 2.09. The fraction of sp³-hybridized carbons (Fsp3) is 0.571. The largest absolute Gasteiger partial charge is 0.398 e. The molecule has 1 rings (SSSR count). The van der Waals surface area contributed by atoms with Crippen molar-refractivity contribution in [3.63, 3.8) is 0 Å². The van der Waals surface area contributed by atoms with Crippen molar-refractivity contribution in [2.75, 3.05) is 14.2 Å². The average Bonchev–Trinajstić information content (AvgIpc) is 2.40. The van der Waals surface area contributed by atoms with Gasteiger partial charge in [-0.1, -0.05) is 25.0 Å². The van der Waals surface area contributed by atoms with Crippen LogP contribution in [0.4, 0.5) is 4.39 Å². The van der Waals surface area contributed by atoms with Gasteiger partial charge in [-0.25, -0.2) is 4.39 Å².